The maximum atomic E-state index is 11.3. The van der Waals surface area contributed by atoms with Crippen LogP contribution in [-0.2, 0) is 9.84 Å². The number of hydrogen-bond donors (Lipinski definition) is 0. The summed E-state index contributed by atoms with van der Waals surface area (Å²) in [5.41, 5.74) is 0.706. The highest BCUT2D eigenvalue weighted by Gasteiger charge is 2.12. The minimum absolute atomic E-state index is 0.317. The number of hydrogen-bond acceptors (Lipinski definition) is 5. The highest BCUT2D eigenvalue weighted by Crippen LogP contribution is 2.05. The van der Waals surface area contributed by atoms with Gasteiger partial charge in [-0.2, -0.15) is 5.12 Å². The van der Waals surface area contributed by atoms with Gasteiger partial charge in [-0.3, -0.25) is 10.0 Å². The standard InChI is InChI=1S/C11H21N5O2S/c1-7-8-9-10(2)15(4)16(5)14-13-11(12-3)19(6,17)18/h8-9H,2,7H2,1,3-6H3/b9-8-,12-11+,14-13-. The summed E-state index contributed by atoms with van der Waals surface area (Å²) >= 11 is 0. The summed E-state index contributed by atoms with van der Waals surface area (Å²) in [4.78, 5) is 3.57. The molecule has 0 amide bonds. The summed E-state index contributed by atoms with van der Waals surface area (Å²) in [6, 6.07) is 0. The first kappa shape index (κ1) is 17.3. The van der Waals surface area contributed by atoms with Gasteiger partial charge in [0, 0.05) is 27.4 Å². The zero-order chi connectivity index (χ0) is 15.1. The second-order valence-electron chi connectivity index (χ2n) is 3.78. The molecule has 7 nitrogen and oxygen atoms in total. The molecular formula is C11H21N5O2S. The van der Waals surface area contributed by atoms with Crippen molar-refractivity contribution in [2.75, 3.05) is 27.4 Å². The van der Waals surface area contributed by atoms with E-state index in [2.05, 4.69) is 21.9 Å². The fourth-order valence-corrected chi connectivity index (χ4v) is 1.51. The Kier molecular flexibility index (Phi) is 6.99. The summed E-state index contributed by atoms with van der Waals surface area (Å²) in [5.74, 6) is 0. The first-order valence-corrected chi connectivity index (χ1v) is 7.54. The Morgan fingerprint density at radius 1 is 1.37 bits per heavy atom. The molecule has 0 spiro atoms. The van der Waals surface area contributed by atoms with Crippen LogP contribution in [0.2, 0.25) is 0 Å². The van der Waals surface area contributed by atoms with E-state index >= 15 is 0 Å². The molecular weight excluding hydrogens is 266 g/mol. The van der Waals surface area contributed by atoms with Crippen molar-refractivity contribution in [2.24, 2.45) is 15.3 Å². The van der Waals surface area contributed by atoms with Crippen LogP contribution in [0.4, 0.5) is 0 Å². The molecule has 0 saturated heterocycles. The van der Waals surface area contributed by atoms with E-state index in [1.807, 2.05) is 19.1 Å². The Bertz CT molecular complexity index is 493. The Hall–Kier alpha value is -1.70. The molecule has 0 aliphatic heterocycles. The summed E-state index contributed by atoms with van der Waals surface area (Å²) in [6.07, 6.45) is 5.73. The largest absolute Gasteiger partial charge is 0.272 e. The van der Waals surface area contributed by atoms with Crippen LogP contribution in [0.1, 0.15) is 13.3 Å². The Labute approximate surface area is 114 Å². The smallest absolute Gasteiger partial charge is 0.264 e. The van der Waals surface area contributed by atoms with Gasteiger partial charge in [-0.1, -0.05) is 24.7 Å². The van der Waals surface area contributed by atoms with Gasteiger partial charge in [0.15, 0.2) is 0 Å². The molecule has 0 atom stereocenters. The monoisotopic (exact) mass is 287 g/mol. The van der Waals surface area contributed by atoms with Gasteiger partial charge >= 0.3 is 0 Å². The number of sulfone groups is 1. The molecule has 0 bridgehead atoms. The van der Waals surface area contributed by atoms with E-state index in [0.717, 1.165) is 12.7 Å². The lowest BCUT2D eigenvalue weighted by Crippen LogP contribution is -2.30. The summed E-state index contributed by atoms with van der Waals surface area (Å²) in [5, 5.41) is 10.1. The molecule has 108 valence electrons. The second kappa shape index (κ2) is 7.67. The maximum absolute atomic E-state index is 11.3. The van der Waals surface area contributed by atoms with Gasteiger partial charge in [0.2, 0.25) is 9.84 Å². The van der Waals surface area contributed by atoms with Crippen molar-refractivity contribution in [3.05, 3.63) is 24.4 Å². The van der Waals surface area contributed by atoms with E-state index in [0.29, 0.717) is 5.70 Å². The highest BCUT2D eigenvalue weighted by atomic mass is 32.2. The van der Waals surface area contributed by atoms with Crippen molar-refractivity contribution < 1.29 is 8.42 Å². The number of nitrogens with zero attached hydrogens (tertiary/aromatic N) is 5. The molecule has 0 radical (unpaired) electrons. The van der Waals surface area contributed by atoms with Gasteiger partial charge in [-0.25, -0.2) is 8.42 Å². The lowest BCUT2D eigenvalue weighted by molar-refractivity contribution is 0.0646. The summed E-state index contributed by atoms with van der Waals surface area (Å²) < 4.78 is 22.5. The molecule has 0 fully saturated rings. The minimum atomic E-state index is -3.46. The molecule has 0 aromatic rings. The minimum Gasteiger partial charge on any atom is -0.272 e. The Balaban J connectivity index is 4.82. The number of rotatable bonds is 5. The molecule has 0 rings (SSSR count). The van der Waals surface area contributed by atoms with Crippen LogP contribution in [0.3, 0.4) is 0 Å². The van der Waals surface area contributed by atoms with E-state index in [9.17, 15) is 8.42 Å². The van der Waals surface area contributed by atoms with Gasteiger partial charge < -0.3 is 0 Å². The lowest BCUT2D eigenvalue weighted by Gasteiger charge is -2.26. The number of aliphatic imine (C=N–C) groups is 1. The normalized spacial score (nSPS) is 13.2. The van der Waals surface area contributed by atoms with Crippen molar-refractivity contribution in [3.8, 4) is 0 Å². The predicted molar refractivity (Wildman–Crippen MR) is 77.2 cm³/mol. The van der Waals surface area contributed by atoms with Crippen LogP contribution in [0.5, 0.6) is 0 Å². The van der Waals surface area contributed by atoms with E-state index in [-0.39, 0.29) is 5.17 Å². The number of amidine groups is 1. The summed E-state index contributed by atoms with van der Waals surface area (Å²) in [7, 11) is 1.26. The van der Waals surface area contributed by atoms with E-state index in [1.54, 1.807) is 19.1 Å². The fourth-order valence-electron chi connectivity index (χ4n) is 0.995. The average molecular weight is 287 g/mol. The highest BCUT2D eigenvalue weighted by molar-refractivity contribution is 8.05. The third kappa shape index (κ3) is 6.14. The fraction of sp³-hybridized carbons (Fsp3) is 0.545. The van der Waals surface area contributed by atoms with Crippen LogP contribution in [0.25, 0.3) is 0 Å². The van der Waals surface area contributed by atoms with Gasteiger partial charge in [0.05, 0.1) is 5.70 Å². The van der Waals surface area contributed by atoms with Crippen LogP contribution in [0.15, 0.2) is 39.8 Å². The molecule has 0 N–H and O–H groups in total. The van der Waals surface area contributed by atoms with Crippen molar-refractivity contribution in [1.29, 1.82) is 0 Å². The molecule has 0 unspecified atom stereocenters. The third-order valence-electron chi connectivity index (χ3n) is 2.18. The SMILES string of the molecule is C=C(/C=C\CC)N(C)N(C)/N=N\C(=N/C)S(C)(=O)=O. The molecule has 0 saturated carbocycles. The molecule has 0 aromatic carbocycles. The third-order valence-corrected chi connectivity index (χ3v) is 3.11. The number of hydrazine groups is 1. The van der Waals surface area contributed by atoms with E-state index in [4.69, 9.17) is 0 Å². The van der Waals surface area contributed by atoms with Crippen LogP contribution in [-0.4, -0.2) is 51.1 Å². The molecule has 19 heavy (non-hydrogen) atoms. The Morgan fingerprint density at radius 2 is 1.95 bits per heavy atom. The second-order valence-corrected chi connectivity index (χ2v) is 5.69. The van der Waals surface area contributed by atoms with E-state index in [1.165, 1.54) is 12.2 Å². The van der Waals surface area contributed by atoms with Crippen molar-refractivity contribution in [1.82, 2.24) is 10.1 Å². The predicted octanol–water partition coefficient (Wildman–Crippen LogP) is 1.64. The van der Waals surface area contributed by atoms with Crippen LogP contribution >= 0.6 is 0 Å². The first-order chi connectivity index (χ1) is 8.73. The van der Waals surface area contributed by atoms with Crippen molar-refractivity contribution in [3.63, 3.8) is 0 Å². The zero-order valence-corrected chi connectivity index (χ0v) is 12.8. The molecule has 8 heteroatoms. The van der Waals surface area contributed by atoms with Gasteiger partial charge in [-0.15, -0.1) is 0 Å². The van der Waals surface area contributed by atoms with Crippen molar-refractivity contribution >= 4 is 15.0 Å². The van der Waals surface area contributed by atoms with Crippen molar-refractivity contribution in [2.45, 2.75) is 13.3 Å². The van der Waals surface area contributed by atoms with Gasteiger partial charge in [0.1, 0.15) is 0 Å². The van der Waals surface area contributed by atoms with Gasteiger partial charge in [-0.05, 0) is 17.7 Å². The zero-order valence-electron chi connectivity index (χ0n) is 12.0. The average Bonchev–Trinajstić information content (AvgIpc) is 2.33. The maximum Gasteiger partial charge on any atom is 0.264 e. The molecule has 0 aliphatic rings. The molecule has 0 aliphatic carbocycles. The first-order valence-electron chi connectivity index (χ1n) is 5.65. The number of allylic oxidation sites excluding steroid dienone is 2. The molecule has 0 heterocycles. The van der Waals surface area contributed by atoms with Crippen LogP contribution in [0, 0.1) is 0 Å². The van der Waals surface area contributed by atoms with Gasteiger partial charge in [0.25, 0.3) is 5.17 Å². The lowest BCUT2D eigenvalue weighted by atomic mass is 10.3. The van der Waals surface area contributed by atoms with E-state index < -0.39 is 9.84 Å². The summed E-state index contributed by atoms with van der Waals surface area (Å²) in [6.45, 7) is 5.87. The number of likely N-dealkylation sites (N-methyl/N-ethyl adjacent to an activating group) is 1. The quantitative estimate of drug-likeness (QED) is 0.253. The Morgan fingerprint density at radius 3 is 2.37 bits per heavy atom. The molecule has 0 aromatic heterocycles. The van der Waals surface area contributed by atoms with Crippen LogP contribution < -0.4 is 0 Å². The topological polar surface area (TPSA) is 77.7 Å².